The Balaban J connectivity index is 1.15. The van der Waals surface area contributed by atoms with Crippen LogP contribution in [0.2, 0.25) is 0 Å². The van der Waals surface area contributed by atoms with Crippen molar-refractivity contribution in [3.63, 3.8) is 0 Å². The largest absolute Gasteiger partial charge is 0.463 e. The number of hydrogen-bond acceptors (Lipinski definition) is 17. The third-order valence-corrected chi connectivity index (χ3v) is 12.5. The normalized spacial score (nSPS) is 47.5. The van der Waals surface area contributed by atoms with Gasteiger partial charge < -0.3 is 79.1 Å². The highest BCUT2D eigenvalue weighted by Gasteiger charge is 2.56. The van der Waals surface area contributed by atoms with Gasteiger partial charge in [0.15, 0.2) is 24.8 Å². The van der Waals surface area contributed by atoms with Gasteiger partial charge in [0.25, 0.3) is 0 Å². The number of hydrogen-bond donors (Lipinski definition) is 9. The molecule has 10 N–H and O–H groups in total. The molecule has 3 heterocycles. The average molecular weight is 806 g/mol. The van der Waals surface area contributed by atoms with Crippen LogP contribution in [0.15, 0.2) is 12.2 Å². The minimum atomic E-state index is -1.72. The highest BCUT2D eigenvalue weighted by molar-refractivity contribution is 5.81. The third-order valence-electron chi connectivity index (χ3n) is 12.5. The van der Waals surface area contributed by atoms with Crippen LogP contribution in [-0.2, 0) is 38.0 Å². The molecule has 6 aliphatic rings. The number of esters is 2. The molecule has 18 nitrogen and oxygen atoms in total. The summed E-state index contributed by atoms with van der Waals surface area (Å²) < 4.78 is 40.0. The van der Waals surface area contributed by atoms with Crippen LogP contribution in [0.25, 0.3) is 0 Å². The topological polar surface area (TPSA) is 284 Å². The first-order valence-corrected chi connectivity index (χ1v) is 20.1. The fraction of sp³-hybridized carbons (Fsp3) is 0.895. The molecule has 6 rings (SSSR count). The van der Waals surface area contributed by atoms with Gasteiger partial charge in [-0.3, -0.25) is 4.79 Å². The molecule has 0 aromatic rings. The zero-order valence-corrected chi connectivity index (χ0v) is 31.6. The molecule has 0 aromatic carbocycles. The van der Waals surface area contributed by atoms with Gasteiger partial charge in [0, 0.05) is 31.8 Å². The summed E-state index contributed by atoms with van der Waals surface area (Å²) in [6.45, 7) is 0.319. The van der Waals surface area contributed by atoms with Gasteiger partial charge >= 0.3 is 11.9 Å². The quantitative estimate of drug-likeness (QED) is 0.0597. The first-order chi connectivity index (χ1) is 26.7. The summed E-state index contributed by atoms with van der Waals surface area (Å²) in [4.78, 5) is 24.0. The van der Waals surface area contributed by atoms with E-state index in [0.717, 1.165) is 12.8 Å². The lowest BCUT2D eigenvalue weighted by atomic mass is 9.73. The summed E-state index contributed by atoms with van der Waals surface area (Å²) >= 11 is 0. The standard InChI is InChI=1S/C38H60O18/c1-17(39)50-15-27-30(44)32(46)34(48)37(55-27)53-25-13-22(42)12-24-23(25)14-26(36(52-24)19-5-9-21(41)10-6-19)54-38-35(49)33(47)31(45)28(56-38)16-51-29(43)11-4-18-2-7-20(40)8-3-18/h4,11,18-28,30-38,40-42,44-49H,2-3,5-10,12-16H2,1H3/p+1/t18?,19?,20?,21?,22?,23?,24?,25?,26?,27-,28-,30-,31-,32+,33+,34-,35-,36?,37-,38-/m1/s1. The van der Waals surface area contributed by atoms with E-state index in [2.05, 4.69) is 0 Å². The Morgan fingerprint density at radius 2 is 1.16 bits per heavy atom. The highest BCUT2D eigenvalue weighted by Crippen LogP contribution is 2.44. The molecule has 0 amide bonds. The molecule has 56 heavy (non-hydrogen) atoms. The maximum absolute atomic E-state index is 12.6. The molecular formula is C38H61O18+. The number of carbonyl (C=O) groups is 2. The second kappa shape index (κ2) is 19.5. The Morgan fingerprint density at radius 3 is 1.73 bits per heavy atom. The lowest BCUT2D eigenvalue weighted by Gasteiger charge is -2.50. The van der Waals surface area contributed by atoms with E-state index in [4.69, 9.17) is 33.2 Å². The Bertz CT molecular complexity index is 1300. The van der Waals surface area contributed by atoms with Crippen LogP contribution in [0.4, 0.5) is 0 Å². The van der Waals surface area contributed by atoms with Crippen molar-refractivity contribution in [2.75, 3.05) is 13.2 Å². The highest BCUT2D eigenvalue weighted by atomic mass is 16.7. The summed E-state index contributed by atoms with van der Waals surface area (Å²) in [5.74, 6) is -1.69. The van der Waals surface area contributed by atoms with Gasteiger partial charge in [-0.05, 0) is 63.7 Å². The molecule has 3 aliphatic heterocycles. The lowest BCUT2D eigenvalue weighted by molar-refractivity contribution is -0.366. The number of allylic oxidation sites excluding steroid dienone is 1. The van der Waals surface area contributed by atoms with Crippen LogP contribution in [0.3, 0.4) is 0 Å². The summed E-state index contributed by atoms with van der Waals surface area (Å²) in [5.41, 5.74) is 0. The van der Waals surface area contributed by atoms with E-state index >= 15 is 0 Å². The van der Waals surface area contributed by atoms with E-state index in [9.17, 15) is 55.5 Å². The van der Waals surface area contributed by atoms with E-state index in [-0.39, 0.29) is 30.8 Å². The number of aliphatic hydroxyl groups is 11. The monoisotopic (exact) mass is 805 g/mol. The number of carbonyl (C=O) groups excluding carboxylic acids is 2. The number of rotatable bonds is 11. The fourth-order valence-electron chi connectivity index (χ4n) is 9.20. The van der Waals surface area contributed by atoms with Crippen LogP contribution in [0.5, 0.6) is 0 Å². The predicted octanol–water partition coefficient (Wildman–Crippen LogP) is -2.42. The number of fused-ring (bicyclic) bond motifs is 1. The Hall–Kier alpha value is -1.88. The maximum atomic E-state index is 12.6. The van der Waals surface area contributed by atoms with Crippen molar-refractivity contribution in [1.29, 1.82) is 0 Å². The van der Waals surface area contributed by atoms with Crippen LogP contribution < -0.4 is 0 Å². The Kier molecular flexibility index (Phi) is 15.2. The van der Waals surface area contributed by atoms with Gasteiger partial charge in [-0.1, -0.05) is 6.08 Å². The van der Waals surface area contributed by atoms with Crippen LogP contribution in [-0.4, -0.2) is 180 Å². The van der Waals surface area contributed by atoms with Crippen molar-refractivity contribution in [3.05, 3.63) is 12.2 Å². The molecule has 0 spiro atoms. The molecule has 3 saturated carbocycles. The number of aliphatic hydroxyl groups excluding tert-OH is 9. The first kappa shape index (κ1) is 43.7. The van der Waals surface area contributed by atoms with Crippen molar-refractivity contribution in [3.8, 4) is 0 Å². The van der Waals surface area contributed by atoms with Crippen LogP contribution in [0.1, 0.15) is 77.6 Å². The van der Waals surface area contributed by atoms with Gasteiger partial charge in [-0.2, -0.15) is 0 Å². The van der Waals surface area contributed by atoms with Gasteiger partial charge in [0.2, 0.25) is 0 Å². The molecule has 16 atom stereocenters. The first-order valence-electron chi connectivity index (χ1n) is 20.1. The summed E-state index contributed by atoms with van der Waals surface area (Å²) in [6, 6.07) is 0. The molecular weight excluding hydrogens is 744 g/mol. The van der Waals surface area contributed by atoms with Crippen molar-refractivity contribution in [2.24, 2.45) is 17.8 Å². The maximum Gasteiger partial charge on any atom is 0.330 e. The van der Waals surface area contributed by atoms with Gasteiger partial charge in [0.1, 0.15) is 68.1 Å². The molecule has 3 saturated heterocycles. The van der Waals surface area contributed by atoms with Gasteiger partial charge in [-0.25, -0.2) is 4.79 Å². The van der Waals surface area contributed by atoms with Gasteiger partial charge in [-0.15, -0.1) is 0 Å². The molecule has 0 radical (unpaired) electrons. The SMILES string of the molecule is CC(=O)OC[C@H]1O[C@@H](OC2CC(O)CC3[OH+]C(C4CCC(O)CC4)C(O[C@@H]4O[C@H](COC(=O)C=CC5CCC(O)CC5)[C@@H](O)[C@H](O)[C@H]4O)CC23)[C@H](O)[C@@H](O)[C@@H]1O. The fourth-order valence-corrected chi connectivity index (χ4v) is 9.20. The average Bonchev–Trinajstić information content (AvgIpc) is 3.17. The molecule has 6 fully saturated rings. The van der Waals surface area contributed by atoms with E-state index < -0.39 is 129 Å². The summed E-state index contributed by atoms with van der Waals surface area (Å²) in [7, 11) is 0. The molecule has 0 bridgehead atoms. The van der Waals surface area contributed by atoms with E-state index in [1.807, 2.05) is 0 Å². The zero-order valence-electron chi connectivity index (χ0n) is 31.6. The molecule has 3 aliphatic carbocycles. The molecule has 6 unspecified atom stereocenters. The van der Waals surface area contributed by atoms with E-state index in [0.29, 0.717) is 44.9 Å². The van der Waals surface area contributed by atoms with Gasteiger partial charge in [0.05, 0.1) is 30.3 Å². The Labute approximate surface area is 325 Å². The summed E-state index contributed by atoms with van der Waals surface area (Å²) in [5, 5.41) is 95.7. The van der Waals surface area contributed by atoms with Crippen molar-refractivity contribution in [1.82, 2.24) is 0 Å². The second-order valence-electron chi connectivity index (χ2n) is 16.5. The van der Waals surface area contributed by atoms with Crippen LogP contribution >= 0.6 is 0 Å². The molecule has 18 heteroatoms. The lowest BCUT2D eigenvalue weighted by Crippen LogP contribution is -2.64. The smallest absolute Gasteiger partial charge is 0.330 e. The minimum Gasteiger partial charge on any atom is -0.463 e. The minimum absolute atomic E-state index is 0.0443. The molecule has 0 aromatic heterocycles. The second-order valence-corrected chi connectivity index (χ2v) is 16.5. The van der Waals surface area contributed by atoms with E-state index in [1.54, 1.807) is 6.08 Å². The van der Waals surface area contributed by atoms with Crippen LogP contribution in [0, 0.1) is 17.8 Å². The Morgan fingerprint density at radius 1 is 0.625 bits per heavy atom. The number of ether oxygens (including phenoxy) is 7. The summed E-state index contributed by atoms with van der Waals surface area (Å²) in [6.07, 6.45) is -10.8. The van der Waals surface area contributed by atoms with Crippen molar-refractivity contribution < 1.29 is 88.7 Å². The predicted molar refractivity (Wildman–Crippen MR) is 189 cm³/mol. The zero-order chi connectivity index (χ0) is 40.3. The van der Waals surface area contributed by atoms with Crippen molar-refractivity contribution >= 4 is 11.9 Å². The molecule has 320 valence electrons. The van der Waals surface area contributed by atoms with Crippen molar-refractivity contribution in [2.45, 2.75) is 182 Å². The van der Waals surface area contributed by atoms with E-state index in [1.165, 1.54) is 13.0 Å². The third kappa shape index (κ3) is 10.6.